The predicted octanol–water partition coefficient (Wildman–Crippen LogP) is 4.99. The van der Waals surface area contributed by atoms with Gasteiger partial charge in [-0.15, -0.1) is 11.3 Å². The van der Waals surface area contributed by atoms with Gasteiger partial charge in [-0.25, -0.2) is 9.97 Å². The van der Waals surface area contributed by atoms with E-state index in [0.717, 1.165) is 29.4 Å². The number of hydrogen-bond acceptors (Lipinski definition) is 7. The molecule has 2 aromatic heterocycles. The number of anilines is 1. The molecule has 0 unspecified atom stereocenters. The van der Waals surface area contributed by atoms with Gasteiger partial charge in [0.15, 0.2) is 0 Å². The monoisotopic (exact) mass is 546 g/mol. The number of thiophene rings is 1. The number of aliphatic hydroxyl groups excluding tert-OH is 1. The van der Waals surface area contributed by atoms with Gasteiger partial charge in [0.25, 0.3) is 0 Å². The second kappa shape index (κ2) is 9.43. The molecule has 1 aromatic carbocycles. The Kier molecular flexibility index (Phi) is 6.55. The van der Waals surface area contributed by atoms with E-state index in [1.165, 1.54) is 28.8 Å². The van der Waals surface area contributed by atoms with E-state index in [-0.39, 0.29) is 29.9 Å². The van der Waals surface area contributed by atoms with E-state index in [0.29, 0.717) is 27.0 Å². The molecule has 1 aliphatic heterocycles. The van der Waals surface area contributed by atoms with Gasteiger partial charge >= 0.3 is 0 Å². The predicted molar refractivity (Wildman–Crippen MR) is 134 cm³/mol. The largest absolute Gasteiger partial charge is 0.393 e. The van der Waals surface area contributed by atoms with Gasteiger partial charge in [0.2, 0.25) is 5.78 Å². The van der Waals surface area contributed by atoms with Crippen molar-refractivity contribution >= 4 is 50.5 Å². The highest BCUT2D eigenvalue weighted by Gasteiger charge is 2.31. The maximum absolute atomic E-state index is 13.5. The number of ketones is 1. The number of nitrogens with one attached hydrogen (secondary N) is 2. The molecule has 0 saturated heterocycles. The summed E-state index contributed by atoms with van der Waals surface area (Å²) in [6.07, 6.45) is 5.06. The van der Waals surface area contributed by atoms with Crippen LogP contribution in [0.25, 0.3) is 0 Å². The highest BCUT2D eigenvalue weighted by molar-refractivity contribution is 9.10. The number of halogens is 2. The number of benzene rings is 1. The van der Waals surface area contributed by atoms with Crippen molar-refractivity contribution in [3.63, 3.8) is 0 Å². The lowest BCUT2D eigenvalue weighted by atomic mass is 9.91. The first-order valence-electron chi connectivity index (χ1n) is 11.0. The van der Waals surface area contributed by atoms with Gasteiger partial charge < -0.3 is 15.7 Å². The smallest absolute Gasteiger partial charge is 0.208 e. The van der Waals surface area contributed by atoms with E-state index < -0.39 is 0 Å². The van der Waals surface area contributed by atoms with E-state index >= 15 is 0 Å². The van der Waals surface area contributed by atoms with Crippen LogP contribution < -0.4 is 10.6 Å². The zero-order chi connectivity index (χ0) is 23.1. The number of fused-ring (bicyclic) bond motifs is 1. The molecule has 0 radical (unpaired) electrons. The average molecular weight is 548 g/mol. The van der Waals surface area contributed by atoms with Crippen molar-refractivity contribution < 1.29 is 9.90 Å². The summed E-state index contributed by atoms with van der Waals surface area (Å²) in [5.41, 5.74) is 3.78. The number of hydrogen-bond donors (Lipinski definition) is 3. The second-order valence-corrected chi connectivity index (χ2v) is 11.4. The second-order valence-electron chi connectivity index (χ2n) is 8.79. The van der Waals surface area contributed by atoms with Crippen LogP contribution in [0.3, 0.4) is 0 Å². The van der Waals surface area contributed by atoms with Crippen molar-refractivity contribution in [3.05, 3.63) is 72.7 Å². The van der Waals surface area contributed by atoms with Gasteiger partial charge in [-0.1, -0.05) is 40.5 Å². The summed E-state index contributed by atoms with van der Waals surface area (Å²) in [5, 5.41) is 17.0. The Balaban J connectivity index is 1.43. The summed E-state index contributed by atoms with van der Waals surface area (Å²) in [6, 6.07) is 8.20. The maximum atomic E-state index is 13.5. The van der Waals surface area contributed by atoms with Crippen LogP contribution in [0.5, 0.6) is 0 Å². The van der Waals surface area contributed by atoms with Crippen LogP contribution in [0.1, 0.15) is 57.7 Å². The van der Waals surface area contributed by atoms with Crippen LogP contribution >= 0.6 is 38.9 Å². The fourth-order valence-corrected chi connectivity index (χ4v) is 6.44. The Morgan fingerprint density at radius 3 is 2.94 bits per heavy atom. The summed E-state index contributed by atoms with van der Waals surface area (Å²) >= 11 is 11.5. The minimum absolute atomic E-state index is 0.0670. The van der Waals surface area contributed by atoms with Gasteiger partial charge in [-0.3, -0.25) is 4.79 Å². The highest BCUT2D eigenvalue weighted by Crippen LogP contribution is 2.39. The lowest BCUT2D eigenvalue weighted by Gasteiger charge is -2.27. The lowest BCUT2D eigenvalue weighted by molar-refractivity contribution is 0.104. The normalized spacial score (nSPS) is 24.5. The Hall–Kier alpha value is -1.84. The molecule has 0 bridgehead atoms. The van der Waals surface area contributed by atoms with E-state index in [9.17, 15) is 9.90 Å². The third kappa shape index (κ3) is 4.59. The van der Waals surface area contributed by atoms with Crippen molar-refractivity contribution in [2.75, 3.05) is 11.9 Å². The van der Waals surface area contributed by atoms with E-state index in [1.807, 2.05) is 13.0 Å². The summed E-state index contributed by atoms with van der Waals surface area (Å²) in [4.78, 5) is 22.4. The van der Waals surface area contributed by atoms with Gasteiger partial charge in [0.05, 0.1) is 26.9 Å². The van der Waals surface area contributed by atoms with Crippen molar-refractivity contribution in [1.29, 1.82) is 0 Å². The first-order chi connectivity index (χ1) is 15.9. The molecule has 172 valence electrons. The van der Waals surface area contributed by atoms with Gasteiger partial charge in [-0.05, 0) is 54.5 Å². The average Bonchev–Trinajstić information content (AvgIpc) is 3.34. The molecule has 2 aliphatic rings. The molecule has 4 atom stereocenters. The Bertz CT molecular complexity index is 1190. The first kappa shape index (κ1) is 22.9. The van der Waals surface area contributed by atoms with Crippen LogP contribution in [-0.2, 0) is 6.42 Å². The summed E-state index contributed by atoms with van der Waals surface area (Å²) in [6.45, 7) is 2.88. The van der Waals surface area contributed by atoms with E-state index in [2.05, 4.69) is 54.7 Å². The molecule has 9 heteroatoms. The molecule has 1 aliphatic carbocycles. The fraction of sp³-hybridized carbons (Fsp3) is 0.375. The number of nitrogens with zero attached hydrogens (tertiary/aromatic N) is 2. The van der Waals surface area contributed by atoms with Gasteiger partial charge in [-0.2, -0.15) is 0 Å². The Morgan fingerprint density at radius 2 is 2.15 bits per heavy atom. The molecule has 5 rings (SSSR count). The first-order valence-corrected chi connectivity index (χ1v) is 13.0. The summed E-state index contributed by atoms with van der Waals surface area (Å²) in [7, 11) is 0. The molecule has 0 spiro atoms. The Labute approximate surface area is 209 Å². The maximum Gasteiger partial charge on any atom is 0.208 e. The summed E-state index contributed by atoms with van der Waals surface area (Å²) in [5.74, 6) is 0.554. The molecule has 3 aromatic rings. The van der Waals surface area contributed by atoms with E-state index in [1.54, 1.807) is 6.20 Å². The fourth-order valence-electron chi connectivity index (χ4n) is 4.77. The third-order valence-electron chi connectivity index (χ3n) is 6.55. The molecule has 6 nitrogen and oxygen atoms in total. The number of rotatable bonds is 5. The minimum atomic E-state index is -0.340. The topological polar surface area (TPSA) is 87.1 Å². The molecule has 3 N–H and O–H groups in total. The van der Waals surface area contributed by atoms with E-state index in [4.69, 9.17) is 11.6 Å². The molecule has 33 heavy (non-hydrogen) atoms. The quantitative estimate of drug-likeness (QED) is 0.390. The van der Waals surface area contributed by atoms with Gasteiger partial charge in [0.1, 0.15) is 12.1 Å². The van der Waals surface area contributed by atoms with Crippen LogP contribution in [0.4, 0.5) is 5.82 Å². The number of aromatic nitrogens is 2. The molecule has 3 heterocycles. The standard InChI is InChI=1S/C24H24BrClN4O2S/c1-12-6-15(8-19(12)31)30-24-18(10-27-11-29-24)22(32)20-9-17(23(26)33-20)21-16-7-14(25)3-2-13(16)4-5-28-21/h2-3,7,9-12,15,19,21,28,31H,4-6,8H2,1H3,(H,27,29,30)/t12-,15-,19+,21-/m1/s1. The van der Waals surface area contributed by atoms with Crippen molar-refractivity contribution in [1.82, 2.24) is 15.3 Å². The van der Waals surface area contributed by atoms with Crippen LogP contribution in [0, 0.1) is 5.92 Å². The van der Waals surface area contributed by atoms with Crippen LogP contribution in [0.15, 0.2) is 41.3 Å². The van der Waals surface area contributed by atoms with Crippen LogP contribution in [0.2, 0.25) is 4.34 Å². The summed E-state index contributed by atoms with van der Waals surface area (Å²) < 4.78 is 1.61. The molecular weight excluding hydrogens is 524 g/mol. The third-order valence-corrected chi connectivity index (χ3v) is 8.43. The number of carbonyl (C=O) groups excluding carboxylic acids is 1. The van der Waals surface area contributed by atoms with Crippen molar-refractivity contribution in [2.45, 2.75) is 44.4 Å². The zero-order valence-corrected chi connectivity index (χ0v) is 21.2. The molecular formula is C24H24BrClN4O2S. The Morgan fingerprint density at radius 1 is 1.30 bits per heavy atom. The molecule has 1 fully saturated rings. The minimum Gasteiger partial charge on any atom is -0.393 e. The SMILES string of the molecule is C[C@@H]1C[C@@H](Nc2ncncc2C(=O)c2cc([C@@H]3NCCc4ccc(Br)cc43)c(Cl)s2)C[C@@H]1O. The van der Waals surface area contributed by atoms with Gasteiger partial charge in [0, 0.05) is 28.8 Å². The van der Waals surface area contributed by atoms with Crippen molar-refractivity contribution in [3.8, 4) is 0 Å². The lowest BCUT2D eigenvalue weighted by Crippen LogP contribution is -2.30. The number of carbonyl (C=O) groups is 1. The zero-order valence-electron chi connectivity index (χ0n) is 18.0. The molecule has 0 amide bonds. The molecule has 1 saturated carbocycles. The number of aliphatic hydroxyl groups is 1. The van der Waals surface area contributed by atoms with Crippen molar-refractivity contribution in [2.24, 2.45) is 5.92 Å². The highest BCUT2D eigenvalue weighted by atomic mass is 79.9. The van der Waals surface area contributed by atoms with Crippen LogP contribution in [-0.4, -0.2) is 39.5 Å².